The number of hydrogen-bond donors (Lipinski definition) is 0. The fourth-order valence-electron chi connectivity index (χ4n) is 6.65. The largest absolute Gasteiger partial charge is 0.497 e. The molecule has 0 aliphatic heterocycles. The Kier molecular flexibility index (Phi) is 12.3. The van der Waals surface area contributed by atoms with Gasteiger partial charge in [0.15, 0.2) is 11.5 Å². The number of nitrogens with zero attached hydrogens (tertiary/aromatic N) is 2. The predicted molar refractivity (Wildman–Crippen MR) is 222 cm³/mol. The number of carbonyl (C=O) groups is 3. The first-order chi connectivity index (χ1) is 28.0. The molecule has 0 saturated heterocycles. The van der Waals surface area contributed by atoms with Crippen LogP contribution in [0, 0.1) is 12.7 Å². The summed E-state index contributed by atoms with van der Waals surface area (Å²) < 4.78 is 66.3. The first-order valence-corrected chi connectivity index (χ1v) is 20.1. The van der Waals surface area contributed by atoms with Crippen molar-refractivity contribution in [2.45, 2.75) is 57.7 Å². The molecule has 0 fully saturated rings. The number of fused-ring (bicyclic) bond motifs is 1. The number of amides is 1. The van der Waals surface area contributed by atoms with Crippen LogP contribution >= 0.6 is 0 Å². The average molecular weight is 821 g/mol. The summed E-state index contributed by atoms with van der Waals surface area (Å²) in [5, 5.41) is 0. The van der Waals surface area contributed by atoms with Crippen molar-refractivity contribution in [2.75, 3.05) is 31.1 Å². The molecule has 306 valence electrons. The summed E-state index contributed by atoms with van der Waals surface area (Å²) in [6, 6.07) is 28.6. The van der Waals surface area contributed by atoms with E-state index in [0.717, 1.165) is 17.2 Å². The van der Waals surface area contributed by atoms with Gasteiger partial charge in [-0.3, -0.25) is 9.59 Å². The number of Topliss-reactive ketones (excluding diaryl/α,β-unsaturated/α-hetero) is 1. The van der Waals surface area contributed by atoms with Crippen molar-refractivity contribution in [3.63, 3.8) is 0 Å². The number of ketones is 1. The lowest BCUT2D eigenvalue weighted by Crippen LogP contribution is -2.37. The quantitative estimate of drug-likeness (QED) is 0.0651. The van der Waals surface area contributed by atoms with E-state index in [1.165, 1.54) is 61.6 Å². The lowest BCUT2D eigenvalue weighted by Gasteiger charge is -2.30. The molecule has 0 heterocycles. The Hall–Kier alpha value is -6.47. The third-order valence-electron chi connectivity index (χ3n) is 9.55. The Bertz CT molecular complexity index is 2530. The van der Waals surface area contributed by atoms with Crippen LogP contribution < -0.4 is 19.3 Å². The zero-order chi connectivity index (χ0) is 42.6. The van der Waals surface area contributed by atoms with E-state index in [2.05, 4.69) is 0 Å². The van der Waals surface area contributed by atoms with Gasteiger partial charge < -0.3 is 28.2 Å². The summed E-state index contributed by atoms with van der Waals surface area (Å²) in [4.78, 5) is 45.4. The van der Waals surface area contributed by atoms with E-state index in [1.54, 1.807) is 70.0 Å². The minimum Gasteiger partial charge on any atom is -0.497 e. The van der Waals surface area contributed by atoms with Gasteiger partial charge in [0.1, 0.15) is 33.4 Å². The SMILES string of the molecule is COc1ccc(CN(C(=O)C2=C(OS(=O)(=O)c3ccc(C)cc3)c3cc(F)cc(N(C)Cc4ccccc4)c3CC2=O)c2ccc(C(=O)OC(C)(C)C)cc2)c(OC)c1. The van der Waals surface area contributed by atoms with Gasteiger partial charge in [0.05, 0.1) is 26.3 Å². The van der Waals surface area contributed by atoms with Crippen molar-refractivity contribution in [1.29, 1.82) is 0 Å². The van der Waals surface area contributed by atoms with Crippen molar-refractivity contribution in [2.24, 2.45) is 0 Å². The molecule has 0 spiro atoms. The summed E-state index contributed by atoms with van der Waals surface area (Å²) in [6.07, 6.45) is -0.375. The molecule has 0 atom stereocenters. The summed E-state index contributed by atoms with van der Waals surface area (Å²) in [5.41, 5.74) is 1.77. The van der Waals surface area contributed by atoms with Crippen molar-refractivity contribution < 1.29 is 45.6 Å². The molecule has 59 heavy (non-hydrogen) atoms. The number of carbonyl (C=O) groups excluding carboxylic acids is 3. The summed E-state index contributed by atoms with van der Waals surface area (Å²) >= 11 is 0. The van der Waals surface area contributed by atoms with Gasteiger partial charge in [-0.05, 0) is 99.5 Å². The summed E-state index contributed by atoms with van der Waals surface area (Å²) in [6.45, 7) is 7.13. The van der Waals surface area contributed by atoms with Crippen molar-refractivity contribution in [3.05, 3.63) is 154 Å². The lowest BCUT2D eigenvalue weighted by molar-refractivity contribution is -0.121. The molecule has 6 rings (SSSR count). The monoisotopic (exact) mass is 820 g/mol. The standard InChI is InChI=1S/C46H45FN2O9S/c1-29-13-21-36(22-14-29)59(53,54)58-43-38-23-33(47)24-39(48(5)27-30-11-9-8-10-12-30)37(38)26-40(50)42(43)44(51)49(28-32-17-20-35(55-6)25-41(32)56-7)34-18-15-31(16-19-34)45(52)57-46(2,3)4/h8-25H,26-28H2,1-7H3. The maximum absolute atomic E-state index is 15.8. The number of ether oxygens (including phenoxy) is 3. The lowest BCUT2D eigenvalue weighted by atomic mass is 9.87. The molecular weight excluding hydrogens is 776 g/mol. The van der Waals surface area contributed by atoms with Crippen LogP contribution in [0.4, 0.5) is 15.8 Å². The van der Waals surface area contributed by atoms with Gasteiger partial charge in [-0.2, -0.15) is 8.42 Å². The van der Waals surface area contributed by atoms with E-state index < -0.39 is 50.5 Å². The fourth-order valence-corrected chi connectivity index (χ4v) is 7.61. The number of esters is 1. The average Bonchev–Trinajstić information content (AvgIpc) is 3.19. The Morgan fingerprint density at radius 2 is 1.51 bits per heavy atom. The van der Waals surface area contributed by atoms with E-state index in [9.17, 15) is 18.0 Å². The molecule has 0 saturated carbocycles. The second kappa shape index (κ2) is 17.2. The van der Waals surface area contributed by atoms with E-state index in [-0.39, 0.29) is 40.2 Å². The van der Waals surface area contributed by atoms with Gasteiger partial charge >= 0.3 is 16.1 Å². The molecule has 11 nitrogen and oxygen atoms in total. The predicted octanol–water partition coefficient (Wildman–Crippen LogP) is 8.22. The molecular formula is C46H45FN2O9S. The van der Waals surface area contributed by atoms with Crippen molar-refractivity contribution in [1.82, 2.24) is 0 Å². The van der Waals surface area contributed by atoms with Crippen LogP contribution in [0.1, 0.15) is 58.9 Å². The van der Waals surface area contributed by atoms with Crippen LogP contribution in [0.15, 0.2) is 120 Å². The third kappa shape index (κ3) is 9.64. The molecule has 0 aromatic heterocycles. The summed E-state index contributed by atoms with van der Waals surface area (Å²) in [5.74, 6) is -2.81. The Balaban J connectivity index is 1.55. The molecule has 1 amide bonds. The van der Waals surface area contributed by atoms with Crippen molar-refractivity contribution >= 4 is 44.9 Å². The van der Waals surface area contributed by atoms with E-state index in [1.807, 2.05) is 30.3 Å². The molecule has 0 unspecified atom stereocenters. The molecule has 1 aliphatic carbocycles. The maximum Gasteiger partial charge on any atom is 0.339 e. The molecule has 13 heteroatoms. The smallest absolute Gasteiger partial charge is 0.339 e. The molecule has 0 N–H and O–H groups in total. The summed E-state index contributed by atoms with van der Waals surface area (Å²) in [7, 11) is -0.0293. The van der Waals surface area contributed by atoms with E-state index in [4.69, 9.17) is 18.4 Å². The molecule has 5 aromatic carbocycles. The van der Waals surface area contributed by atoms with Gasteiger partial charge in [-0.15, -0.1) is 0 Å². The number of rotatable bonds is 13. The highest BCUT2D eigenvalue weighted by atomic mass is 32.2. The topological polar surface area (TPSA) is 129 Å². The van der Waals surface area contributed by atoms with Crippen LogP contribution in [0.5, 0.6) is 11.5 Å². The minimum atomic E-state index is -4.70. The molecule has 5 aromatic rings. The second-order valence-corrected chi connectivity index (χ2v) is 16.6. The number of anilines is 2. The van der Waals surface area contributed by atoms with E-state index in [0.29, 0.717) is 29.3 Å². The van der Waals surface area contributed by atoms with Gasteiger partial charge in [-0.25, -0.2) is 9.18 Å². The first kappa shape index (κ1) is 42.1. The van der Waals surface area contributed by atoms with E-state index >= 15 is 9.18 Å². The number of benzene rings is 5. The van der Waals surface area contributed by atoms with Crippen LogP contribution in [0.3, 0.4) is 0 Å². The maximum atomic E-state index is 15.8. The molecule has 0 bridgehead atoms. The Morgan fingerprint density at radius 1 is 0.831 bits per heavy atom. The Morgan fingerprint density at radius 3 is 2.14 bits per heavy atom. The molecule has 1 aliphatic rings. The first-order valence-electron chi connectivity index (χ1n) is 18.7. The number of hydrogen-bond acceptors (Lipinski definition) is 10. The second-order valence-electron chi connectivity index (χ2n) is 15.1. The van der Waals surface area contributed by atoms with Gasteiger partial charge in [-0.1, -0.05) is 48.0 Å². The number of methoxy groups -OCH3 is 2. The normalized spacial score (nSPS) is 12.7. The van der Waals surface area contributed by atoms with Gasteiger partial charge in [0, 0.05) is 48.6 Å². The van der Waals surface area contributed by atoms with Gasteiger partial charge in [0.2, 0.25) is 0 Å². The van der Waals surface area contributed by atoms with Crippen LogP contribution in [-0.4, -0.2) is 52.9 Å². The van der Waals surface area contributed by atoms with Gasteiger partial charge in [0.25, 0.3) is 5.91 Å². The van der Waals surface area contributed by atoms with Crippen LogP contribution in [0.2, 0.25) is 0 Å². The third-order valence-corrected chi connectivity index (χ3v) is 10.8. The van der Waals surface area contributed by atoms with Crippen molar-refractivity contribution in [3.8, 4) is 11.5 Å². The number of aryl methyl sites for hydroxylation is 1. The van der Waals surface area contributed by atoms with Crippen LogP contribution in [-0.2, 0) is 48.1 Å². The Labute approximate surface area is 343 Å². The zero-order valence-electron chi connectivity index (χ0n) is 33.9. The molecule has 0 radical (unpaired) electrons. The number of halogens is 1. The van der Waals surface area contributed by atoms with Crippen LogP contribution in [0.25, 0.3) is 5.76 Å². The minimum absolute atomic E-state index is 0.0687. The fraction of sp³-hybridized carbons (Fsp3) is 0.239. The highest BCUT2D eigenvalue weighted by Crippen LogP contribution is 2.40. The highest BCUT2D eigenvalue weighted by molar-refractivity contribution is 7.87. The zero-order valence-corrected chi connectivity index (χ0v) is 34.7. The highest BCUT2D eigenvalue weighted by Gasteiger charge is 2.39.